The van der Waals surface area contributed by atoms with Gasteiger partial charge in [0.2, 0.25) is 0 Å². The lowest BCUT2D eigenvalue weighted by Crippen LogP contribution is -1.99. The van der Waals surface area contributed by atoms with Crippen molar-refractivity contribution in [3.8, 4) is 5.75 Å². The van der Waals surface area contributed by atoms with Gasteiger partial charge in [0.1, 0.15) is 5.75 Å². The van der Waals surface area contributed by atoms with Crippen molar-refractivity contribution in [2.75, 3.05) is 12.3 Å². The standard InChI is InChI=1S/C11H16BrNO/c1-3-4-5-14-11-6-8(2)10(13)7-9(11)12/h6-7H,3-5,13H2,1-2H3. The zero-order chi connectivity index (χ0) is 10.6. The Morgan fingerprint density at radius 2 is 2.14 bits per heavy atom. The Balaban J connectivity index is 2.72. The lowest BCUT2D eigenvalue weighted by Gasteiger charge is -2.09. The van der Waals surface area contributed by atoms with Gasteiger partial charge in [-0.3, -0.25) is 0 Å². The van der Waals surface area contributed by atoms with Crippen molar-refractivity contribution in [3.05, 3.63) is 22.2 Å². The van der Waals surface area contributed by atoms with Crippen LogP contribution < -0.4 is 10.5 Å². The molecule has 2 nitrogen and oxygen atoms in total. The maximum absolute atomic E-state index is 5.76. The smallest absolute Gasteiger partial charge is 0.133 e. The molecule has 0 saturated carbocycles. The van der Waals surface area contributed by atoms with E-state index in [-0.39, 0.29) is 0 Å². The first-order chi connectivity index (χ1) is 6.65. The minimum Gasteiger partial charge on any atom is -0.492 e. The van der Waals surface area contributed by atoms with Crippen LogP contribution in [-0.2, 0) is 0 Å². The second-order valence-corrected chi connectivity index (χ2v) is 4.20. The first-order valence-corrected chi connectivity index (χ1v) is 5.63. The average Bonchev–Trinajstić information content (AvgIpc) is 2.14. The first kappa shape index (κ1) is 11.4. The summed E-state index contributed by atoms with van der Waals surface area (Å²) in [5, 5.41) is 0. The van der Waals surface area contributed by atoms with Crippen molar-refractivity contribution in [1.82, 2.24) is 0 Å². The van der Waals surface area contributed by atoms with Gasteiger partial charge < -0.3 is 10.5 Å². The van der Waals surface area contributed by atoms with E-state index in [0.717, 1.165) is 40.9 Å². The highest BCUT2D eigenvalue weighted by atomic mass is 79.9. The van der Waals surface area contributed by atoms with Crippen LogP contribution in [0.15, 0.2) is 16.6 Å². The summed E-state index contributed by atoms with van der Waals surface area (Å²) in [6, 6.07) is 3.85. The largest absolute Gasteiger partial charge is 0.492 e. The number of unbranched alkanes of at least 4 members (excludes halogenated alkanes) is 1. The predicted octanol–water partition coefficient (Wildman–Crippen LogP) is 3.52. The van der Waals surface area contributed by atoms with Crippen molar-refractivity contribution < 1.29 is 4.74 Å². The van der Waals surface area contributed by atoms with Crippen LogP contribution in [0.4, 0.5) is 5.69 Å². The second-order valence-electron chi connectivity index (χ2n) is 3.34. The molecule has 1 aromatic rings. The van der Waals surface area contributed by atoms with Crippen molar-refractivity contribution in [2.24, 2.45) is 0 Å². The quantitative estimate of drug-likeness (QED) is 0.662. The van der Waals surface area contributed by atoms with E-state index >= 15 is 0 Å². The highest BCUT2D eigenvalue weighted by molar-refractivity contribution is 9.10. The molecule has 14 heavy (non-hydrogen) atoms. The molecule has 0 aliphatic rings. The molecule has 78 valence electrons. The lowest BCUT2D eigenvalue weighted by molar-refractivity contribution is 0.307. The number of anilines is 1. The van der Waals surface area contributed by atoms with Gasteiger partial charge in [0.15, 0.2) is 0 Å². The maximum atomic E-state index is 5.76. The predicted molar refractivity (Wildman–Crippen MR) is 63.7 cm³/mol. The van der Waals surface area contributed by atoms with Gasteiger partial charge in [-0.15, -0.1) is 0 Å². The summed E-state index contributed by atoms with van der Waals surface area (Å²) < 4.78 is 6.54. The van der Waals surface area contributed by atoms with Crippen LogP contribution >= 0.6 is 15.9 Å². The molecule has 0 unspecified atom stereocenters. The normalized spacial score (nSPS) is 10.2. The summed E-state index contributed by atoms with van der Waals surface area (Å²) >= 11 is 3.43. The van der Waals surface area contributed by atoms with E-state index < -0.39 is 0 Å². The monoisotopic (exact) mass is 257 g/mol. The summed E-state index contributed by atoms with van der Waals surface area (Å²) in [5.41, 5.74) is 7.61. The fourth-order valence-corrected chi connectivity index (χ4v) is 1.58. The van der Waals surface area contributed by atoms with E-state index in [9.17, 15) is 0 Å². The maximum Gasteiger partial charge on any atom is 0.133 e. The van der Waals surface area contributed by atoms with Gasteiger partial charge in [0.25, 0.3) is 0 Å². The number of hydrogen-bond donors (Lipinski definition) is 1. The molecule has 0 radical (unpaired) electrons. The molecule has 0 heterocycles. The number of nitrogen functional groups attached to an aromatic ring is 1. The summed E-state index contributed by atoms with van der Waals surface area (Å²) in [6.45, 7) is 4.89. The lowest BCUT2D eigenvalue weighted by atomic mass is 10.2. The molecule has 0 spiro atoms. The molecule has 3 heteroatoms. The highest BCUT2D eigenvalue weighted by Crippen LogP contribution is 2.29. The third kappa shape index (κ3) is 2.91. The summed E-state index contributed by atoms with van der Waals surface area (Å²) in [7, 11) is 0. The number of halogens is 1. The van der Waals surface area contributed by atoms with E-state index in [1.807, 2.05) is 19.1 Å². The Labute approximate surface area is 93.6 Å². The average molecular weight is 258 g/mol. The Hall–Kier alpha value is -0.700. The van der Waals surface area contributed by atoms with Gasteiger partial charge in [-0.1, -0.05) is 13.3 Å². The first-order valence-electron chi connectivity index (χ1n) is 4.83. The molecule has 1 aromatic carbocycles. The molecule has 0 aliphatic heterocycles. The van der Waals surface area contributed by atoms with E-state index in [2.05, 4.69) is 22.9 Å². The topological polar surface area (TPSA) is 35.2 Å². The van der Waals surface area contributed by atoms with Crippen molar-refractivity contribution in [1.29, 1.82) is 0 Å². The van der Waals surface area contributed by atoms with Crippen LogP contribution in [0.5, 0.6) is 5.75 Å². The van der Waals surface area contributed by atoms with Crippen LogP contribution in [0, 0.1) is 6.92 Å². The van der Waals surface area contributed by atoms with Crippen LogP contribution in [0.1, 0.15) is 25.3 Å². The van der Waals surface area contributed by atoms with Gasteiger partial charge in [0, 0.05) is 5.69 Å². The number of benzene rings is 1. The van der Waals surface area contributed by atoms with E-state index in [1.54, 1.807) is 0 Å². The minimum atomic E-state index is 0.762. The van der Waals surface area contributed by atoms with E-state index in [1.165, 1.54) is 0 Å². The molecule has 0 atom stereocenters. The second kappa shape index (κ2) is 5.25. The van der Waals surface area contributed by atoms with Gasteiger partial charge in [-0.2, -0.15) is 0 Å². The Morgan fingerprint density at radius 1 is 1.43 bits per heavy atom. The minimum absolute atomic E-state index is 0.762. The van der Waals surface area contributed by atoms with Crippen molar-refractivity contribution >= 4 is 21.6 Å². The summed E-state index contributed by atoms with van der Waals surface area (Å²) in [4.78, 5) is 0. The number of hydrogen-bond acceptors (Lipinski definition) is 2. The molecule has 0 fully saturated rings. The zero-order valence-electron chi connectivity index (χ0n) is 8.64. The Kier molecular flexibility index (Phi) is 4.26. The Morgan fingerprint density at radius 3 is 2.79 bits per heavy atom. The third-order valence-electron chi connectivity index (χ3n) is 2.08. The molecule has 1 rings (SSSR count). The van der Waals surface area contributed by atoms with Crippen LogP contribution in [0.25, 0.3) is 0 Å². The molecule has 2 N–H and O–H groups in total. The molecule has 0 amide bonds. The van der Waals surface area contributed by atoms with Crippen LogP contribution in [0.2, 0.25) is 0 Å². The number of rotatable bonds is 4. The van der Waals surface area contributed by atoms with Gasteiger partial charge in [-0.05, 0) is 47.0 Å². The molecule has 0 aliphatic carbocycles. The van der Waals surface area contributed by atoms with Crippen molar-refractivity contribution in [3.63, 3.8) is 0 Å². The Bertz CT molecular complexity index is 312. The summed E-state index contributed by atoms with van der Waals surface area (Å²) in [5.74, 6) is 0.880. The molecular formula is C11H16BrNO. The van der Waals surface area contributed by atoms with Crippen LogP contribution in [0.3, 0.4) is 0 Å². The van der Waals surface area contributed by atoms with E-state index in [4.69, 9.17) is 10.5 Å². The van der Waals surface area contributed by atoms with E-state index in [0.29, 0.717) is 0 Å². The fourth-order valence-electron chi connectivity index (χ4n) is 1.11. The zero-order valence-corrected chi connectivity index (χ0v) is 10.2. The molecule has 0 bridgehead atoms. The molecule has 0 aromatic heterocycles. The fraction of sp³-hybridized carbons (Fsp3) is 0.455. The van der Waals surface area contributed by atoms with Crippen molar-refractivity contribution in [2.45, 2.75) is 26.7 Å². The summed E-state index contributed by atoms with van der Waals surface area (Å²) in [6.07, 6.45) is 2.22. The number of aryl methyl sites for hydroxylation is 1. The third-order valence-corrected chi connectivity index (χ3v) is 2.70. The van der Waals surface area contributed by atoms with Crippen LogP contribution in [-0.4, -0.2) is 6.61 Å². The van der Waals surface area contributed by atoms with Gasteiger partial charge >= 0.3 is 0 Å². The molecular weight excluding hydrogens is 242 g/mol. The molecule has 0 saturated heterocycles. The highest BCUT2D eigenvalue weighted by Gasteiger charge is 2.03. The van der Waals surface area contributed by atoms with Gasteiger partial charge in [0.05, 0.1) is 11.1 Å². The SMILES string of the molecule is CCCCOc1cc(C)c(N)cc1Br. The van der Waals surface area contributed by atoms with Gasteiger partial charge in [-0.25, -0.2) is 0 Å². The number of nitrogens with two attached hydrogens (primary N) is 1. The number of ether oxygens (including phenoxy) is 1.